The first-order valence-corrected chi connectivity index (χ1v) is 8.77. The van der Waals surface area contributed by atoms with Gasteiger partial charge in [0.25, 0.3) is 0 Å². The Kier molecular flexibility index (Phi) is 5.54. The Hall–Kier alpha value is -2.02. The van der Waals surface area contributed by atoms with E-state index in [1.807, 2.05) is 45.9 Å². The van der Waals surface area contributed by atoms with Crippen molar-refractivity contribution >= 4 is 34.6 Å². The van der Waals surface area contributed by atoms with Gasteiger partial charge in [-0.1, -0.05) is 17.8 Å². The van der Waals surface area contributed by atoms with Crippen LogP contribution in [0.3, 0.4) is 0 Å². The van der Waals surface area contributed by atoms with Crippen molar-refractivity contribution in [3.63, 3.8) is 0 Å². The quantitative estimate of drug-likeness (QED) is 0.813. The van der Waals surface area contributed by atoms with Gasteiger partial charge in [-0.2, -0.15) is 0 Å². The highest BCUT2D eigenvalue weighted by atomic mass is 32.2. The van der Waals surface area contributed by atoms with Crippen LogP contribution in [0.15, 0.2) is 23.4 Å². The molecule has 2 aromatic rings. The minimum absolute atomic E-state index is 0.0516. The van der Waals surface area contributed by atoms with Crippen LogP contribution in [-0.2, 0) is 9.59 Å². The van der Waals surface area contributed by atoms with E-state index in [-0.39, 0.29) is 29.7 Å². The molecule has 2 amide bonds. The van der Waals surface area contributed by atoms with Gasteiger partial charge in [0.05, 0.1) is 23.3 Å². The van der Waals surface area contributed by atoms with Gasteiger partial charge in [-0.25, -0.2) is 4.98 Å². The molecule has 0 saturated carbocycles. The standard InChI is InChI=1S/C17H24N4O2S/c1-11-6-7-12-13(8-11)19-16(18-12)24-10-15(23)21(5)9-14(22)20-17(2,3)4/h6-8H,9-10H2,1-5H3,(H,18,19)(H,20,22). The molecule has 0 atom stereocenters. The van der Waals surface area contributed by atoms with E-state index >= 15 is 0 Å². The number of carbonyl (C=O) groups is 2. The number of nitrogens with one attached hydrogen (secondary N) is 2. The van der Waals surface area contributed by atoms with Gasteiger partial charge in [-0.05, 0) is 45.4 Å². The molecule has 130 valence electrons. The Morgan fingerprint density at radius 1 is 1.33 bits per heavy atom. The summed E-state index contributed by atoms with van der Waals surface area (Å²) < 4.78 is 0. The van der Waals surface area contributed by atoms with Gasteiger partial charge in [0.2, 0.25) is 11.8 Å². The maximum Gasteiger partial charge on any atom is 0.240 e. The minimum Gasteiger partial charge on any atom is -0.350 e. The number of hydrogen-bond acceptors (Lipinski definition) is 4. The number of rotatable bonds is 5. The van der Waals surface area contributed by atoms with E-state index in [1.165, 1.54) is 16.7 Å². The largest absolute Gasteiger partial charge is 0.350 e. The van der Waals surface area contributed by atoms with Crippen LogP contribution >= 0.6 is 11.8 Å². The van der Waals surface area contributed by atoms with Gasteiger partial charge in [0.15, 0.2) is 5.16 Å². The van der Waals surface area contributed by atoms with E-state index in [2.05, 4.69) is 15.3 Å². The molecule has 0 fully saturated rings. The molecule has 2 rings (SSSR count). The Morgan fingerprint density at radius 3 is 2.71 bits per heavy atom. The summed E-state index contributed by atoms with van der Waals surface area (Å²) in [5, 5.41) is 3.55. The average Bonchev–Trinajstić information content (AvgIpc) is 2.84. The van der Waals surface area contributed by atoms with Crippen molar-refractivity contribution in [3.05, 3.63) is 23.8 Å². The summed E-state index contributed by atoms with van der Waals surface area (Å²) in [6.45, 7) is 7.80. The number of likely N-dealkylation sites (N-methyl/N-ethyl adjacent to an activating group) is 1. The van der Waals surface area contributed by atoms with Crippen molar-refractivity contribution in [1.82, 2.24) is 20.2 Å². The zero-order valence-electron chi connectivity index (χ0n) is 14.8. The molecule has 0 saturated heterocycles. The highest BCUT2D eigenvalue weighted by molar-refractivity contribution is 7.99. The molecule has 1 aromatic heterocycles. The van der Waals surface area contributed by atoms with E-state index in [0.717, 1.165) is 16.6 Å². The molecule has 2 N–H and O–H groups in total. The number of H-pyrrole nitrogens is 1. The van der Waals surface area contributed by atoms with Crippen molar-refractivity contribution in [3.8, 4) is 0 Å². The van der Waals surface area contributed by atoms with Crippen molar-refractivity contribution in [2.45, 2.75) is 38.4 Å². The molecule has 0 radical (unpaired) electrons. The Bertz CT molecular complexity index is 749. The summed E-state index contributed by atoms with van der Waals surface area (Å²) in [6, 6.07) is 5.98. The van der Waals surface area contributed by atoms with Crippen LogP contribution in [-0.4, -0.2) is 51.6 Å². The number of aryl methyl sites for hydroxylation is 1. The molecule has 0 aliphatic rings. The number of aromatic nitrogens is 2. The lowest BCUT2D eigenvalue weighted by Gasteiger charge is -2.23. The fraction of sp³-hybridized carbons (Fsp3) is 0.471. The van der Waals surface area contributed by atoms with Crippen LogP contribution in [0.5, 0.6) is 0 Å². The molecule has 24 heavy (non-hydrogen) atoms. The van der Waals surface area contributed by atoms with E-state index in [4.69, 9.17) is 0 Å². The third-order valence-electron chi connectivity index (χ3n) is 3.27. The number of nitrogens with zero attached hydrogens (tertiary/aromatic N) is 2. The van der Waals surface area contributed by atoms with E-state index in [9.17, 15) is 9.59 Å². The van der Waals surface area contributed by atoms with Crippen LogP contribution in [0.4, 0.5) is 0 Å². The number of carbonyl (C=O) groups excluding carboxylic acids is 2. The first-order valence-electron chi connectivity index (χ1n) is 7.78. The molecule has 0 aliphatic carbocycles. The van der Waals surface area contributed by atoms with E-state index in [0.29, 0.717) is 5.16 Å². The molecular weight excluding hydrogens is 324 g/mol. The SMILES string of the molecule is Cc1ccc2nc(SCC(=O)N(C)CC(=O)NC(C)(C)C)[nH]c2c1. The van der Waals surface area contributed by atoms with Crippen LogP contribution in [0.25, 0.3) is 11.0 Å². The van der Waals surface area contributed by atoms with Gasteiger partial charge in [-0.15, -0.1) is 0 Å². The molecule has 0 bridgehead atoms. The third kappa shape index (κ3) is 5.26. The lowest BCUT2D eigenvalue weighted by atomic mass is 10.1. The molecule has 1 heterocycles. The number of fused-ring (bicyclic) bond motifs is 1. The predicted molar refractivity (Wildman–Crippen MR) is 97.1 cm³/mol. The van der Waals surface area contributed by atoms with Gasteiger partial charge in [-0.3, -0.25) is 9.59 Å². The lowest BCUT2D eigenvalue weighted by Crippen LogP contribution is -2.46. The number of amides is 2. The molecule has 7 heteroatoms. The average molecular weight is 348 g/mol. The number of imidazole rings is 1. The maximum atomic E-state index is 12.2. The van der Waals surface area contributed by atoms with Crippen molar-refractivity contribution < 1.29 is 9.59 Å². The smallest absolute Gasteiger partial charge is 0.240 e. The molecule has 0 aliphatic heterocycles. The second-order valence-corrected chi connectivity index (χ2v) is 7.86. The second-order valence-electron chi connectivity index (χ2n) is 6.90. The Morgan fingerprint density at radius 2 is 2.04 bits per heavy atom. The topological polar surface area (TPSA) is 78.1 Å². The monoisotopic (exact) mass is 348 g/mol. The summed E-state index contributed by atoms with van der Waals surface area (Å²) >= 11 is 1.34. The first-order chi connectivity index (χ1) is 11.1. The van der Waals surface area contributed by atoms with Gasteiger partial charge in [0.1, 0.15) is 0 Å². The zero-order valence-corrected chi connectivity index (χ0v) is 15.6. The predicted octanol–water partition coefficient (Wildman–Crippen LogP) is 2.34. The van der Waals surface area contributed by atoms with Gasteiger partial charge < -0.3 is 15.2 Å². The summed E-state index contributed by atoms with van der Waals surface area (Å²) in [4.78, 5) is 33.1. The van der Waals surface area contributed by atoms with Crippen LogP contribution in [0.2, 0.25) is 0 Å². The van der Waals surface area contributed by atoms with Gasteiger partial charge >= 0.3 is 0 Å². The highest BCUT2D eigenvalue weighted by Gasteiger charge is 2.18. The van der Waals surface area contributed by atoms with E-state index < -0.39 is 0 Å². The lowest BCUT2D eigenvalue weighted by molar-refractivity contribution is -0.133. The number of aromatic amines is 1. The third-order valence-corrected chi connectivity index (χ3v) is 4.13. The minimum atomic E-state index is -0.303. The molecule has 6 nitrogen and oxygen atoms in total. The van der Waals surface area contributed by atoms with Crippen LogP contribution in [0, 0.1) is 6.92 Å². The van der Waals surface area contributed by atoms with Crippen LogP contribution < -0.4 is 5.32 Å². The highest BCUT2D eigenvalue weighted by Crippen LogP contribution is 2.20. The molecule has 0 spiro atoms. The normalized spacial score (nSPS) is 11.5. The second kappa shape index (κ2) is 7.25. The van der Waals surface area contributed by atoms with Crippen LogP contribution in [0.1, 0.15) is 26.3 Å². The van der Waals surface area contributed by atoms with Crippen molar-refractivity contribution in [2.24, 2.45) is 0 Å². The molecule has 0 unspecified atom stereocenters. The molecular formula is C17H24N4O2S. The summed E-state index contributed by atoms with van der Waals surface area (Å²) in [6.07, 6.45) is 0. The fourth-order valence-corrected chi connectivity index (χ4v) is 3.00. The van der Waals surface area contributed by atoms with E-state index in [1.54, 1.807) is 7.05 Å². The van der Waals surface area contributed by atoms with Crippen molar-refractivity contribution in [1.29, 1.82) is 0 Å². The molecule has 1 aromatic carbocycles. The summed E-state index contributed by atoms with van der Waals surface area (Å²) in [5.74, 6) is -0.0405. The summed E-state index contributed by atoms with van der Waals surface area (Å²) in [5.41, 5.74) is 2.70. The zero-order chi connectivity index (χ0) is 17.9. The fourth-order valence-electron chi connectivity index (χ4n) is 2.17. The number of benzene rings is 1. The van der Waals surface area contributed by atoms with Gasteiger partial charge in [0, 0.05) is 12.6 Å². The maximum absolute atomic E-state index is 12.2. The number of thioether (sulfide) groups is 1. The number of hydrogen-bond donors (Lipinski definition) is 2. The first kappa shape index (κ1) is 18.3. The van der Waals surface area contributed by atoms with Crippen molar-refractivity contribution in [2.75, 3.05) is 19.3 Å². The Balaban J connectivity index is 1.88. The Labute approximate surface area is 146 Å². The summed E-state index contributed by atoms with van der Waals surface area (Å²) in [7, 11) is 1.63.